The molecule has 0 spiro atoms. The summed E-state index contributed by atoms with van der Waals surface area (Å²) in [5, 5.41) is 2.59. The Bertz CT molecular complexity index is 4800. The maximum Gasteiger partial charge on any atom is 0.249 e. The first kappa shape index (κ1) is 55.0. The van der Waals surface area contributed by atoms with Crippen molar-refractivity contribution in [2.45, 2.75) is 93.8 Å². The number of nitrogens with zero attached hydrogens (tertiary/aromatic N) is 2. The predicted molar refractivity (Wildman–Crippen MR) is 380 cm³/mol. The molecule has 0 amide bonds. The minimum Gasteiger partial charge on any atom is -0.310 e. The molecule has 0 fully saturated rings. The van der Waals surface area contributed by atoms with Gasteiger partial charge < -0.3 is 9.47 Å². The Morgan fingerprint density at radius 1 is 0.348 bits per heavy atom. The molecule has 1 aliphatic carbocycles. The van der Waals surface area contributed by atoms with Crippen LogP contribution in [0.4, 0.5) is 17.1 Å². The van der Waals surface area contributed by atoms with Crippen molar-refractivity contribution in [2.24, 2.45) is 0 Å². The summed E-state index contributed by atoms with van der Waals surface area (Å²) >= 11 is 1.95. The van der Waals surface area contributed by atoms with E-state index in [4.69, 9.17) is 0 Å². The minimum atomic E-state index is -0.664. The lowest BCUT2D eigenvalue weighted by molar-refractivity contribution is 0.590. The van der Waals surface area contributed by atoms with Crippen molar-refractivity contribution in [1.82, 2.24) is 4.57 Å². The summed E-state index contributed by atoms with van der Waals surface area (Å²) in [6.07, 6.45) is 0. The Hall–Kier alpha value is -9.35. The van der Waals surface area contributed by atoms with Gasteiger partial charge in [-0.1, -0.05) is 280 Å². The zero-order valence-corrected chi connectivity index (χ0v) is 53.1. The molecule has 0 unspecified atom stereocenters. The number of fused-ring (bicyclic) bond motifs is 10. The maximum absolute atomic E-state index is 2.71. The number of aromatic nitrogens is 1. The van der Waals surface area contributed by atoms with Crippen molar-refractivity contribution in [2.75, 3.05) is 4.90 Å². The average Bonchev–Trinajstić information content (AvgIpc) is 1.70. The van der Waals surface area contributed by atoms with Gasteiger partial charge in [-0.15, -0.1) is 0 Å². The van der Waals surface area contributed by atoms with E-state index in [0.717, 1.165) is 5.69 Å². The third-order valence-electron chi connectivity index (χ3n) is 19.6. The van der Waals surface area contributed by atoms with Gasteiger partial charge in [0.25, 0.3) is 0 Å². The minimum absolute atomic E-state index is 0.00605. The van der Waals surface area contributed by atoms with Gasteiger partial charge in [0.05, 0.1) is 22.1 Å². The number of hydrogen-bond acceptors (Lipinski definition) is 2. The van der Waals surface area contributed by atoms with Gasteiger partial charge in [-0.25, -0.2) is 0 Å². The van der Waals surface area contributed by atoms with Crippen LogP contribution in [0.25, 0.3) is 72.0 Å². The molecular formula is C85H71BN2S. The van der Waals surface area contributed by atoms with Gasteiger partial charge in [0.2, 0.25) is 6.71 Å². The molecule has 4 heteroatoms. The van der Waals surface area contributed by atoms with Crippen molar-refractivity contribution >= 4 is 73.7 Å². The smallest absolute Gasteiger partial charge is 0.249 e. The molecule has 3 aliphatic rings. The quantitative estimate of drug-likeness (QED) is 0.147. The summed E-state index contributed by atoms with van der Waals surface area (Å²) in [4.78, 5) is 5.25. The third-order valence-corrected chi connectivity index (χ3v) is 20.7. The van der Waals surface area contributed by atoms with Crippen LogP contribution in [0.15, 0.2) is 277 Å². The molecule has 12 aromatic carbocycles. The van der Waals surface area contributed by atoms with E-state index in [1.807, 2.05) is 11.8 Å². The summed E-state index contributed by atoms with van der Waals surface area (Å²) in [6.45, 7) is 20.9. The number of hydrogen-bond donors (Lipinski definition) is 0. The van der Waals surface area contributed by atoms with Crippen molar-refractivity contribution in [3.63, 3.8) is 0 Å². The fourth-order valence-corrected chi connectivity index (χ4v) is 16.3. The van der Waals surface area contributed by atoms with Gasteiger partial charge in [-0.05, 0) is 166 Å². The Labute approximate surface area is 529 Å². The van der Waals surface area contributed by atoms with Gasteiger partial charge in [-0.3, -0.25) is 0 Å². The molecule has 2 aliphatic heterocycles. The molecule has 0 saturated carbocycles. The van der Waals surface area contributed by atoms with Gasteiger partial charge in [-0.2, -0.15) is 0 Å². The van der Waals surface area contributed by atoms with Gasteiger partial charge in [0.15, 0.2) is 0 Å². The Morgan fingerprint density at radius 2 is 0.854 bits per heavy atom. The lowest BCUT2D eigenvalue weighted by Crippen LogP contribution is -2.60. The van der Waals surface area contributed by atoms with E-state index in [2.05, 4.69) is 339 Å². The first-order valence-electron chi connectivity index (χ1n) is 31.7. The molecule has 430 valence electrons. The summed E-state index contributed by atoms with van der Waals surface area (Å²) in [6, 6.07) is 103. The van der Waals surface area contributed by atoms with Crippen LogP contribution >= 0.6 is 11.8 Å². The number of anilines is 3. The van der Waals surface area contributed by atoms with Crippen LogP contribution in [-0.4, -0.2) is 11.3 Å². The van der Waals surface area contributed by atoms with Crippen LogP contribution in [0.5, 0.6) is 0 Å². The number of benzene rings is 12. The second-order valence-corrected chi connectivity index (χ2v) is 29.1. The lowest BCUT2D eigenvalue weighted by Gasteiger charge is -2.44. The molecule has 0 saturated heterocycles. The van der Waals surface area contributed by atoms with Crippen molar-refractivity contribution in [3.05, 3.63) is 306 Å². The lowest BCUT2D eigenvalue weighted by atomic mass is 9.34. The zero-order valence-electron chi connectivity index (χ0n) is 52.3. The van der Waals surface area contributed by atoms with E-state index in [-0.39, 0.29) is 23.0 Å². The Morgan fingerprint density at radius 3 is 1.39 bits per heavy atom. The van der Waals surface area contributed by atoms with Crippen LogP contribution in [-0.2, 0) is 21.7 Å². The van der Waals surface area contributed by atoms with Gasteiger partial charge >= 0.3 is 0 Å². The van der Waals surface area contributed by atoms with Gasteiger partial charge in [0.1, 0.15) is 0 Å². The molecular weight excluding hydrogens is 1090 g/mol. The van der Waals surface area contributed by atoms with Crippen molar-refractivity contribution < 1.29 is 0 Å². The standard InChI is InChI=1S/C85H71BN2S/c1-82(2,3)59-39-44-74-68(47-59)69-48-60(83(4,5)6)40-45-75(69)87(74)63-41-42-72-78(53-63)89-79-52-62(85(58-32-20-13-21-33-58)70-36-24-22-34-64(70)65-35-23-25-37-71(65)85)51-77-80(79)86(72)73-46-57(54-26-14-10-15-27-54)38-43-76(73)88(77)81-66(55-28-16-11-17-29-55)49-61(84(7,8)9)50-67(81)56-30-18-12-19-31-56/h10-53H,1-9H3. The molecule has 13 aromatic rings. The molecule has 0 N–H and O–H groups in total. The van der Waals surface area contributed by atoms with Crippen LogP contribution in [0, 0.1) is 0 Å². The largest absolute Gasteiger partial charge is 0.310 e. The summed E-state index contributed by atoms with van der Waals surface area (Å²) < 4.78 is 2.54. The van der Waals surface area contributed by atoms with Crippen molar-refractivity contribution in [1.29, 1.82) is 0 Å². The molecule has 1 aromatic heterocycles. The topological polar surface area (TPSA) is 8.17 Å². The summed E-state index contributed by atoms with van der Waals surface area (Å²) in [5.41, 5.74) is 29.1. The van der Waals surface area contributed by atoms with Crippen LogP contribution in [0.1, 0.15) is 101 Å². The van der Waals surface area contributed by atoms with E-state index in [1.54, 1.807) is 0 Å². The van der Waals surface area contributed by atoms with E-state index in [1.165, 1.54) is 148 Å². The maximum atomic E-state index is 2.71. The number of rotatable bonds is 7. The van der Waals surface area contributed by atoms with Crippen LogP contribution in [0.3, 0.4) is 0 Å². The van der Waals surface area contributed by atoms with Gasteiger partial charge in [0, 0.05) is 48.8 Å². The van der Waals surface area contributed by atoms with Crippen molar-refractivity contribution in [3.8, 4) is 50.2 Å². The zero-order chi connectivity index (χ0) is 60.7. The summed E-state index contributed by atoms with van der Waals surface area (Å²) in [5.74, 6) is 0. The first-order valence-corrected chi connectivity index (χ1v) is 32.5. The van der Waals surface area contributed by atoms with Crippen LogP contribution < -0.4 is 21.3 Å². The Balaban J connectivity index is 1.04. The van der Waals surface area contributed by atoms with E-state index < -0.39 is 5.41 Å². The molecule has 89 heavy (non-hydrogen) atoms. The highest BCUT2D eigenvalue weighted by Crippen LogP contribution is 2.59. The molecule has 2 nitrogen and oxygen atoms in total. The SMILES string of the molecule is CC(C)(C)c1cc(-c2ccccc2)c(N2c3ccc(-c4ccccc4)cc3B3c4ccc(-n5c6ccc(C(C)(C)C)cc6c6cc(C(C)(C)C)ccc65)cc4Sc4cc(C5(c6ccccc6)c6ccccc6-c6ccccc65)cc2c43)c(-c2ccccc2)c1. The second-order valence-electron chi connectivity index (χ2n) is 28.0. The molecule has 0 bridgehead atoms. The fourth-order valence-electron chi connectivity index (χ4n) is 15.1. The van der Waals surface area contributed by atoms with Crippen LogP contribution in [0.2, 0.25) is 0 Å². The highest BCUT2D eigenvalue weighted by Gasteiger charge is 2.49. The molecule has 0 radical (unpaired) electrons. The first-order chi connectivity index (χ1) is 43.0. The fraction of sp³-hybridized carbons (Fsp3) is 0.153. The van der Waals surface area contributed by atoms with E-state index in [9.17, 15) is 0 Å². The average molecular weight is 1160 g/mol. The molecule has 3 heterocycles. The molecule has 0 atom stereocenters. The van der Waals surface area contributed by atoms with E-state index in [0.29, 0.717) is 0 Å². The molecule has 16 rings (SSSR count). The second kappa shape index (κ2) is 20.4. The monoisotopic (exact) mass is 1160 g/mol. The highest BCUT2D eigenvalue weighted by molar-refractivity contribution is 8.00. The summed E-state index contributed by atoms with van der Waals surface area (Å²) in [7, 11) is 0. The third kappa shape index (κ3) is 8.69. The van der Waals surface area contributed by atoms with E-state index >= 15 is 0 Å². The normalized spacial score (nSPS) is 13.9. The highest BCUT2D eigenvalue weighted by atomic mass is 32.2. The predicted octanol–water partition coefficient (Wildman–Crippen LogP) is 20.8. The Kier molecular flexibility index (Phi) is 12.6.